The van der Waals surface area contributed by atoms with E-state index in [9.17, 15) is 9.90 Å². The number of thiophene rings is 1. The van der Waals surface area contributed by atoms with Gasteiger partial charge in [0.15, 0.2) is 5.78 Å². The van der Waals surface area contributed by atoms with E-state index in [-0.39, 0.29) is 47.9 Å². The van der Waals surface area contributed by atoms with Gasteiger partial charge in [-0.1, -0.05) is 124 Å². The van der Waals surface area contributed by atoms with Crippen molar-refractivity contribution in [3.05, 3.63) is 101 Å². The van der Waals surface area contributed by atoms with Crippen LogP contribution in [0.25, 0.3) is 54.3 Å². The van der Waals surface area contributed by atoms with E-state index >= 15 is 0 Å². The van der Waals surface area contributed by atoms with Crippen LogP contribution in [0, 0.1) is 29.7 Å². The van der Waals surface area contributed by atoms with Crippen molar-refractivity contribution in [3.63, 3.8) is 0 Å². The minimum Gasteiger partial charge on any atom is -0.512 e. The van der Waals surface area contributed by atoms with Gasteiger partial charge in [-0.3, -0.25) is 9.78 Å². The van der Waals surface area contributed by atoms with Crippen LogP contribution >= 0.6 is 11.3 Å². The summed E-state index contributed by atoms with van der Waals surface area (Å²) in [5, 5.41) is 17.1. The summed E-state index contributed by atoms with van der Waals surface area (Å²) in [5.74, 6) is 1.90. The van der Waals surface area contributed by atoms with Crippen LogP contribution in [0.5, 0.6) is 0 Å². The number of aryl methyl sites for hydroxylation is 1. The molecule has 0 atom stereocenters. The van der Waals surface area contributed by atoms with E-state index in [2.05, 4.69) is 114 Å². The molecule has 3 aromatic carbocycles. The van der Waals surface area contributed by atoms with Gasteiger partial charge in [0.05, 0.1) is 0 Å². The molecule has 6 heteroatoms. The van der Waals surface area contributed by atoms with Gasteiger partial charge in [0.25, 0.3) is 0 Å². The van der Waals surface area contributed by atoms with Gasteiger partial charge < -0.3 is 9.52 Å². The summed E-state index contributed by atoms with van der Waals surface area (Å²) in [6, 6.07) is 25.5. The molecule has 0 saturated carbocycles. The third-order valence-corrected chi connectivity index (χ3v) is 12.7. The number of aliphatic hydroxyl groups excluding tert-OH is 1. The first-order chi connectivity index (χ1) is 25.5. The zero-order valence-electron chi connectivity index (χ0n) is 35.0. The maximum absolute atomic E-state index is 12.2. The average Bonchev–Trinajstić information content (AvgIpc) is 3.74. The first kappa shape index (κ1) is 44.1. The molecule has 6 aromatic rings. The second-order valence-electron chi connectivity index (χ2n) is 17.0. The number of fused-ring (bicyclic) bond motifs is 3. The summed E-state index contributed by atoms with van der Waals surface area (Å²) in [6.45, 7) is 25.5. The first-order valence-electron chi connectivity index (χ1n) is 19.8. The van der Waals surface area contributed by atoms with Gasteiger partial charge in [0.2, 0.25) is 0 Å². The number of ketones is 1. The Morgan fingerprint density at radius 1 is 0.909 bits per heavy atom. The molecule has 55 heavy (non-hydrogen) atoms. The van der Waals surface area contributed by atoms with E-state index < -0.39 is 0 Å². The molecule has 6 rings (SSSR count). The first-order valence-corrected chi connectivity index (χ1v) is 20.7. The fraction of sp³-hybridized carbons (Fsp3) is 0.429. The minimum absolute atomic E-state index is 0. The topological polar surface area (TPSA) is 63.3 Å². The number of nitrogens with zero attached hydrogens (tertiary/aromatic N) is 1. The Hall–Kier alpha value is -3.57. The predicted octanol–water partition coefficient (Wildman–Crippen LogP) is 14.8. The van der Waals surface area contributed by atoms with Gasteiger partial charge in [-0.15, -0.1) is 40.5 Å². The second kappa shape index (κ2) is 17.7. The molecule has 0 aliphatic carbocycles. The molecule has 295 valence electrons. The quantitative estimate of drug-likeness (QED) is 0.0799. The normalized spacial score (nSPS) is 12.6. The Labute approximate surface area is 347 Å². The molecule has 0 fully saturated rings. The van der Waals surface area contributed by atoms with Crippen LogP contribution in [0.4, 0.5) is 0 Å². The van der Waals surface area contributed by atoms with Gasteiger partial charge in [-0.05, 0) is 78.1 Å². The molecule has 0 amide bonds. The molecular weight excluding hydrogens is 875 g/mol. The average molecular weight is 935 g/mol. The number of carbonyl (C=O) groups is 1. The predicted molar refractivity (Wildman–Crippen MR) is 232 cm³/mol. The van der Waals surface area contributed by atoms with Gasteiger partial charge in [-0.25, -0.2) is 0 Å². The van der Waals surface area contributed by atoms with E-state index in [1.54, 1.807) is 11.3 Å². The van der Waals surface area contributed by atoms with E-state index in [0.717, 1.165) is 75.9 Å². The largest absolute Gasteiger partial charge is 0.512 e. The van der Waals surface area contributed by atoms with E-state index in [1.165, 1.54) is 33.5 Å². The molecule has 0 unspecified atom stereocenters. The Morgan fingerprint density at radius 3 is 2.18 bits per heavy atom. The van der Waals surface area contributed by atoms with Crippen molar-refractivity contribution in [2.75, 3.05) is 0 Å². The van der Waals surface area contributed by atoms with Crippen molar-refractivity contribution in [3.8, 4) is 22.4 Å². The molecular formula is C49H60IrNO3S-. The molecule has 3 aromatic heterocycles. The standard InChI is InChI=1S/C34H32NOS.C15H28O2.Ir/c1-20(2)13-26-15-24-12-11-23(17-31(24)36-26)28-18-30(35-33-32(28)21(3)19-37-33)25-14-22-9-7-8-10-27(22)29(16-25)34(4,5)6;1-7-14(5,8-2)12(16)11-13(17)15(6,9-3)10-4;/h7-12,15-20H,13H2,1-6H3;11,16H,7-10H2,1-6H3;/q-1;;/b;12-11-;. The van der Waals surface area contributed by atoms with Gasteiger partial charge >= 0.3 is 0 Å². The summed E-state index contributed by atoms with van der Waals surface area (Å²) in [5.41, 5.74) is 7.27. The van der Waals surface area contributed by atoms with Crippen molar-refractivity contribution in [1.82, 2.24) is 4.98 Å². The van der Waals surface area contributed by atoms with Crippen LogP contribution in [-0.2, 0) is 36.7 Å². The summed E-state index contributed by atoms with van der Waals surface area (Å²) >= 11 is 1.71. The van der Waals surface area contributed by atoms with E-state index in [4.69, 9.17) is 9.40 Å². The number of benzene rings is 3. The number of allylic oxidation sites excluding steroid dienone is 2. The number of carbonyl (C=O) groups excluding carboxylic acids is 1. The number of aromatic nitrogens is 1. The third kappa shape index (κ3) is 9.53. The van der Waals surface area contributed by atoms with Gasteiger partial charge in [0, 0.05) is 59.9 Å². The molecule has 4 nitrogen and oxygen atoms in total. The number of aliphatic hydroxyl groups is 1. The van der Waals surface area contributed by atoms with Crippen LogP contribution in [0.1, 0.15) is 119 Å². The van der Waals surface area contributed by atoms with Gasteiger partial charge in [-0.2, -0.15) is 0 Å². The molecule has 0 aliphatic rings. The zero-order chi connectivity index (χ0) is 39.6. The molecule has 3 heterocycles. The van der Waals surface area contributed by atoms with Crippen LogP contribution in [0.15, 0.2) is 82.3 Å². The van der Waals surface area contributed by atoms with Crippen molar-refractivity contribution in [2.45, 2.75) is 121 Å². The Morgan fingerprint density at radius 2 is 1.56 bits per heavy atom. The summed E-state index contributed by atoms with van der Waals surface area (Å²) < 4.78 is 6.26. The smallest absolute Gasteiger partial charge is 0.164 e. The fourth-order valence-electron chi connectivity index (χ4n) is 6.99. The van der Waals surface area contributed by atoms with Crippen molar-refractivity contribution >= 4 is 49.1 Å². The number of furan rings is 1. The van der Waals surface area contributed by atoms with Crippen LogP contribution in [0.2, 0.25) is 0 Å². The van der Waals surface area contributed by atoms with E-state index in [1.807, 2.05) is 41.5 Å². The summed E-state index contributed by atoms with van der Waals surface area (Å²) in [7, 11) is 0. The van der Waals surface area contributed by atoms with Gasteiger partial charge in [0.1, 0.15) is 21.9 Å². The Balaban J connectivity index is 0.000000320. The number of rotatable bonds is 11. The summed E-state index contributed by atoms with van der Waals surface area (Å²) in [4.78, 5) is 18.4. The number of pyridine rings is 1. The minimum atomic E-state index is -0.337. The molecule has 1 radical (unpaired) electrons. The second-order valence-corrected chi connectivity index (χ2v) is 17.9. The Kier molecular flexibility index (Phi) is 14.2. The molecule has 0 bridgehead atoms. The monoisotopic (exact) mass is 935 g/mol. The zero-order valence-corrected chi connectivity index (χ0v) is 38.2. The van der Waals surface area contributed by atoms with Crippen molar-refractivity contribution in [2.24, 2.45) is 16.7 Å². The maximum atomic E-state index is 12.2. The fourth-order valence-corrected chi connectivity index (χ4v) is 7.93. The molecule has 0 aliphatic heterocycles. The SMILES string of the molecule is CCC(C)(CC)C(=O)/C=C(\O)C(C)(CC)CC.Cc1csc2nc(-c3[c-]c4ccccc4c(C(C)(C)C)c3)cc(-c3ccc4cc(CC(C)C)oc4c3)c12.[Ir]. The molecule has 1 N–H and O–H groups in total. The molecule has 0 saturated heterocycles. The third-order valence-electron chi connectivity index (χ3n) is 11.7. The van der Waals surface area contributed by atoms with Crippen LogP contribution in [-0.4, -0.2) is 15.9 Å². The molecule has 0 spiro atoms. The van der Waals surface area contributed by atoms with Crippen LogP contribution in [0.3, 0.4) is 0 Å². The maximum Gasteiger partial charge on any atom is 0.164 e. The Bertz CT molecular complexity index is 2290. The summed E-state index contributed by atoms with van der Waals surface area (Å²) in [6.07, 6.45) is 5.70. The van der Waals surface area contributed by atoms with E-state index in [0.29, 0.717) is 5.92 Å². The number of hydrogen-bond acceptors (Lipinski definition) is 5. The van der Waals surface area contributed by atoms with Crippen molar-refractivity contribution in [1.29, 1.82) is 0 Å². The number of hydrogen-bond donors (Lipinski definition) is 1. The van der Waals surface area contributed by atoms with Crippen LogP contribution < -0.4 is 0 Å². The van der Waals surface area contributed by atoms with Crippen molar-refractivity contribution < 1.29 is 34.4 Å².